The van der Waals surface area contributed by atoms with Crippen molar-refractivity contribution in [3.63, 3.8) is 0 Å². The second-order valence-corrected chi connectivity index (χ2v) is 10.7. The number of methoxy groups -OCH3 is 1. The minimum Gasteiger partial charge on any atom is -0.508 e. The van der Waals surface area contributed by atoms with E-state index in [2.05, 4.69) is 11.4 Å². The molecule has 0 radical (unpaired) electrons. The lowest BCUT2D eigenvalue weighted by molar-refractivity contribution is -0.192. The Labute approximate surface area is 276 Å². The van der Waals surface area contributed by atoms with Gasteiger partial charge in [-0.2, -0.15) is 13.2 Å². The summed E-state index contributed by atoms with van der Waals surface area (Å²) in [6, 6.07) is 30.2. The first-order chi connectivity index (χ1) is 22.9. The summed E-state index contributed by atoms with van der Waals surface area (Å²) >= 11 is 0. The fraction of sp³-hybridized carbons (Fsp3) is 0.250. The van der Waals surface area contributed by atoms with Crippen LogP contribution in [0, 0.1) is 0 Å². The van der Waals surface area contributed by atoms with Crippen LogP contribution in [0.2, 0.25) is 0 Å². The van der Waals surface area contributed by atoms with Gasteiger partial charge in [0.2, 0.25) is 5.91 Å². The van der Waals surface area contributed by atoms with Gasteiger partial charge in [-0.1, -0.05) is 54.6 Å². The van der Waals surface area contributed by atoms with Crippen molar-refractivity contribution in [3.8, 4) is 22.6 Å². The maximum atomic E-state index is 13.5. The number of nitrogens with two attached hydrogens (primary N) is 1. The molecule has 0 aliphatic heterocycles. The van der Waals surface area contributed by atoms with E-state index in [-0.39, 0.29) is 24.0 Å². The van der Waals surface area contributed by atoms with Crippen LogP contribution < -0.4 is 15.8 Å². The summed E-state index contributed by atoms with van der Waals surface area (Å²) < 4.78 is 37.0. The Morgan fingerprint density at radius 2 is 1.46 bits per heavy atom. The van der Waals surface area contributed by atoms with Crippen molar-refractivity contribution >= 4 is 17.8 Å². The van der Waals surface area contributed by atoms with Crippen LogP contribution >= 0.6 is 0 Å². The Hall–Kier alpha value is -5.36. The molecule has 0 atom stereocenters. The zero-order valence-electron chi connectivity index (χ0n) is 26.4. The predicted octanol–water partition coefficient (Wildman–Crippen LogP) is 5.59. The Bertz CT molecular complexity index is 1640. The molecule has 0 bridgehead atoms. The third kappa shape index (κ3) is 12.1. The zero-order chi connectivity index (χ0) is 35.1. The van der Waals surface area contributed by atoms with Gasteiger partial charge in [-0.15, -0.1) is 0 Å². The van der Waals surface area contributed by atoms with Crippen molar-refractivity contribution < 1.29 is 42.5 Å². The maximum Gasteiger partial charge on any atom is 0.490 e. The van der Waals surface area contributed by atoms with Gasteiger partial charge in [0.15, 0.2) is 0 Å². The van der Waals surface area contributed by atoms with E-state index in [1.54, 1.807) is 25.3 Å². The molecule has 4 aromatic rings. The number of aliphatic carboxylic acids is 1. The molecule has 0 saturated carbocycles. The minimum atomic E-state index is -5.08. The van der Waals surface area contributed by atoms with Gasteiger partial charge in [-0.05, 0) is 89.7 Å². The number of phenols is 1. The quantitative estimate of drug-likeness (QED) is 0.136. The number of ether oxygens (including phenoxy) is 1. The largest absolute Gasteiger partial charge is 0.508 e. The van der Waals surface area contributed by atoms with E-state index in [9.17, 15) is 27.9 Å². The first-order valence-electron chi connectivity index (χ1n) is 15.1. The minimum absolute atomic E-state index is 0.0236. The highest BCUT2D eigenvalue weighted by Crippen LogP contribution is 2.23. The fourth-order valence-electron chi connectivity index (χ4n) is 4.56. The first kappa shape index (κ1) is 37.1. The average molecular weight is 666 g/mol. The van der Waals surface area contributed by atoms with Gasteiger partial charge in [-0.25, -0.2) is 4.79 Å². The molecule has 254 valence electrons. The van der Waals surface area contributed by atoms with Gasteiger partial charge in [0, 0.05) is 25.2 Å². The molecule has 0 aromatic heterocycles. The number of carbonyl (C=O) groups is 3. The fourth-order valence-corrected chi connectivity index (χ4v) is 4.56. The highest BCUT2D eigenvalue weighted by molar-refractivity contribution is 5.95. The predicted molar refractivity (Wildman–Crippen MR) is 175 cm³/mol. The molecule has 2 amide bonds. The van der Waals surface area contributed by atoms with Crippen molar-refractivity contribution in [2.45, 2.75) is 32.0 Å². The van der Waals surface area contributed by atoms with Crippen molar-refractivity contribution in [1.82, 2.24) is 10.2 Å². The van der Waals surface area contributed by atoms with Crippen LogP contribution in [0.25, 0.3) is 11.1 Å². The molecule has 0 heterocycles. The molecule has 0 unspecified atom stereocenters. The highest BCUT2D eigenvalue weighted by Gasteiger charge is 2.38. The van der Waals surface area contributed by atoms with E-state index < -0.39 is 12.1 Å². The summed E-state index contributed by atoms with van der Waals surface area (Å²) in [7, 11) is 1.62. The molecule has 0 fully saturated rings. The Morgan fingerprint density at radius 3 is 2.06 bits per heavy atom. The number of phenolic OH excluding ortho intramolecular Hbond substituents is 1. The highest BCUT2D eigenvalue weighted by atomic mass is 19.4. The third-order valence-electron chi connectivity index (χ3n) is 7.14. The monoisotopic (exact) mass is 665 g/mol. The Kier molecular flexibility index (Phi) is 14.0. The van der Waals surface area contributed by atoms with Gasteiger partial charge in [0.1, 0.15) is 11.5 Å². The normalized spacial score (nSPS) is 10.8. The molecule has 48 heavy (non-hydrogen) atoms. The number of benzene rings is 4. The topological polar surface area (TPSA) is 142 Å². The van der Waals surface area contributed by atoms with Crippen molar-refractivity contribution in [1.29, 1.82) is 0 Å². The van der Waals surface area contributed by atoms with Crippen LogP contribution in [0.1, 0.15) is 33.5 Å². The van der Waals surface area contributed by atoms with Crippen molar-refractivity contribution in [2.75, 3.05) is 26.7 Å². The average Bonchev–Trinajstić information content (AvgIpc) is 3.07. The zero-order valence-corrected chi connectivity index (χ0v) is 26.4. The van der Waals surface area contributed by atoms with E-state index in [0.717, 1.165) is 40.0 Å². The lowest BCUT2D eigenvalue weighted by atomic mass is 10.0. The first-order valence-corrected chi connectivity index (χ1v) is 15.1. The lowest BCUT2D eigenvalue weighted by Crippen LogP contribution is -2.33. The van der Waals surface area contributed by atoms with Gasteiger partial charge in [-0.3, -0.25) is 9.59 Å². The second-order valence-electron chi connectivity index (χ2n) is 10.7. The molecular formula is C36H38F3N3O6. The molecular weight excluding hydrogens is 627 g/mol. The number of hydrogen-bond acceptors (Lipinski definition) is 6. The molecule has 0 spiro atoms. The van der Waals surface area contributed by atoms with Crippen LogP contribution in [0.15, 0.2) is 97.1 Å². The van der Waals surface area contributed by atoms with Gasteiger partial charge in [0.25, 0.3) is 5.91 Å². The Morgan fingerprint density at radius 1 is 0.854 bits per heavy atom. The van der Waals surface area contributed by atoms with Crippen LogP contribution in [-0.4, -0.2) is 65.8 Å². The van der Waals surface area contributed by atoms with Crippen LogP contribution in [0.4, 0.5) is 13.2 Å². The summed E-state index contributed by atoms with van der Waals surface area (Å²) in [5.41, 5.74) is 11.0. The van der Waals surface area contributed by atoms with Gasteiger partial charge < -0.3 is 30.9 Å². The number of amides is 2. The number of alkyl halides is 3. The third-order valence-corrected chi connectivity index (χ3v) is 7.14. The van der Waals surface area contributed by atoms with Crippen LogP contribution in [0.5, 0.6) is 11.5 Å². The number of carbonyl (C=O) groups excluding carboxylic acids is 2. The van der Waals surface area contributed by atoms with E-state index in [0.29, 0.717) is 38.2 Å². The van der Waals surface area contributed by atoms with Crippen LogP contribution in [0.3, 0.4) is 0 Å². The summed E-state index contributed by atoms with van der Waals surface area (Å²) in [5.74, 6) is -1.89. The molecule has 12 heteroatoms. The van der Waals surface area contributed by atoms with E-state index >= 15 is 0 Å². The molecule has 9 nitrogen and oxygen atoms in total. The van der Waals surface area contributed by atoms with Crippen molar-refractivity contribution in [2.24, 2.45) is 5.73 Å². The Balaban J connectivity index is 0.000000804. The van der Waals surface area contributed by atoms with Gasteiger partial charge >= 0.3 is 12.1 Å². The van der Waals surface area contributed by atoms with Crippen molar-refractivity contribution in [3.05, 3.63) is 119 Å². The number of carboxylic acid groups (broad SMARTS) is 1. The molecule has 0 aliphatic carbocycles. The smallest absolute Gasteiger partial charge is 0.490 e. The molecule has 4 aromatic carbocycles. The maximum absolute atomic E-state index is 13.5. The number of rotatable bonds is 13. The van der Waals surface area contributed by atoms with Crippen LogP contribution in [-0.2, 0) is 29.0 Å². The number of nitrogens with one attached hydrogen (secondary N) is 1. The summed E-state index contributed by atoms with van der Waals surface area (Å²) in [6.45, 7) is 2.05. The molecule has 4 rings (SSSR count). The number of aromatic hydroxyl groups is 1. The van der Waals surface area contributed by atoms with E-state index in [4.69, 9.17) is 20.4 Å². The van der Waals surface area contributed by atoms with E-state index in [1.807, 2.05) is 77.7 Å². The number of carboxylic acids is 1. The molecule has 0 aliphatic rings. The second kappa shape index (κ2) is 18.1. The summed E-state index contributed by atoms with van der Waals surface area (Å²) in [5, 5.41) is 19.7. The van der Waals surface area contributed by atoms with E-state index in [1.165, 1.54) is 0 Å². The standard InChI is InChI=1S/C34H37N3O4.C2HF3O2/c1-41-32-15-11-26(12-16-32)22-33(39)37(20-17-25-9-13-31(38)14-10-25)24-27-5-2-6-28(21-27)29-7-3-8-30(23-29)34(40)36-19-4-18-35;3-2(4,5)1(6)7/h2-3,5-16,21,23,38H,4,17-20,22,24,35H2,1H3,(H,36,40);(H,6,7). The lowest BCUT2D eigenvalue weighted by Gasteiger charge is -2.24. The summed E-state index contributed by atoms with van der Waals surface area (Å²) in [4.78, 5) is 36.9. The SMILES string of the molecule is COc1ccc(CC(=O)N(CCc2ccc(O)cc2)Cc2cccc(-c3cccc(C(=O)NCCCN)c3)c2)cc1.O=C(O)C(F)(F)F. The number of nitrogens with zero attached hydrogens (tertiary/aromatic N) is 1. The number of hydrogen-bond donors (Lipinski definition) is 4. The number of halogens is 3. The van der Waals surface area contributed by atoms with Gasteiger partial charge in [0.05, 0.1) is 13.5 Å². The molecule has 0 saturated heterocycles. The summed E-state index contributed by atoms with van der Waals surface area (Å²) in [6.07, 6.45) is -3.41. The molecule has 5 N–H and O–H groups in total.